The van der Waals surface area contributed by atoms with Crippen molar-refractivity contribution in [2.45, 2.75) is 11.6 Å². The Bertz CT molecular complexity index is 198. The lowest BCUT2D eigenvalue weighted by Gasteiger charge is -2.06. The van der Waals surface area contributed by atoms with Crippen molar-refractivity contribution in [3.8, 4) is 0 Å². The molecule has 1 aromatic carbocycles. The lowest BCUT2D eigenvalue weighted by Crippen LogP contribution is -1.83. The monoisotopic (exact) mass is 186 g/mol. The molecule has 1 unspecified atom stereocenters. The first-order valence-electron chi connectivity index (χ1n) is 3.65. The Morgan fingerprint density at radius 3 is 2.55 bits per heavy atom. The maximum Gasteiger partial charge on any atom is 0.104 e. The lowest BCUT2D eigenvalue weighted by atomic mass is 10.2. The topological polar surface area (TPSA) is 0 Å². The highest BCUT2D eigenvalue weighted by Crippen LogP contribution is 2.31. The molecule has 0 saturated carbocycles. The molecule has 60 valence electrons. The molecular formula is C9H11ClS. The van der Waals surface area contributed by atoms with E-state index in [1.54, 1.807) is 11.8 Å². The zero-order valence-electron chi connectivity index (χ0n) is 6.46. The smallest absolute Gasteiger partial charge is 0.104 e. The first-order chi connectivity index (χ1) is 5.34. The van der Waals surface area contributed by atoms with E-state index < -0.39 is 0 Å². The van der Waals surface area contributed by atoms with E-state index in [0.717, 1.165) is 5.75 Å². The van der Waals surface area contributed by atoms with Gasteiger partial charge in [0.25, 0.3) is 0 Å². The first kappa shape index (κ1) is 8.95. The Hall–Kier alpha value is -0.140. The van der Waals surface area contributed by atoms with E-state index in [-0.39, 0.29) is 4.71 Å². The van der Waals surface area contributed by atoms with Gasteiger partial charge in [0.15, 0.2) is 0 Å². The van der Waals surface area contributed by atoms with E-state index in [1.165, 1.54) is 5.56 Å². The molecule has 0 bridgehead atoms. The maximum absolute atomic E-state index is 6.07. The van der Waals surface area contributed by atoms with Gasteiger partial charge in [-0.05, 0) is 11.3 Å². The largest absolute Gasteiger partial charge is 0.138 e. The molecule has 1 aromatic rings. The van der Waals surface area contributed by atoms with Gasteiger partial charge in [0, 0.05) is 0 Å². The summed E-state index contributed by atoms with van der Waals surface area (Å²) in [5.74, 6) is 1.06. The van der Waals surface area contributed by atoms with Gasteiger partial charge in [-0.25, -0.2) is 0 Å². The van der Waals surface area contributed by atoms with Crippen LogP contribution in [0.3, 0.4) is 0 Å². The van der Waals surface area contributed by atoms with Crippen molar-refractivity contribution in [3.05, 3.63) is 35.9 Å². The molecule has 0 spiro atoms. The van der Waals surface area contributed by atoms with Gasteiger partial charge in [0.2, 0.25) is 0 Å². The zero-order valence-corrected chi connectivity index (χ0v) is 8.03. The molecular weight excluding hydrogens is 176 g/mol. The summed E-state index contributed by atoms with van der Waals surface area (Å²) in [5.41, 5.74) is 1.20. The number of hydrogen-bond acceptors (Lipinski definition) is 1. The Kier molecular flexibility index (Phi) is 3.81. The van der Waals surface area contributed by atoms with Crippen LogP contribution in [0.1, 0.15) is 17.2 Å². The van der Waals surface area contributed by atoms with Crippen LogP contribution in [0.4, 0.5) is 0 Å². The summed E-state index contributed by atoms with van der Waals surface area (Å²) in [6.45, 7) is 2.11. The zero-order chi connectivity index (χ0) is 8.10. The summed E-state index contributed by atoms with van der Waals surface area (Å²) in [7, 11) is 0. The highest BCUT2D eigenvalue weighted by Gasteiger charge is 2.04. The Morgan fingerprint density at radius 2 is 2.00 bits per heavy atom. The summed E-state index contributed by atoms with van der Waals surface area (Å²) >= 11 is 7.82. The van der Waals surface area contributed by atoms with E-state index in [9.17, 15) is 0 Å². The second-order valence-corrected chi connectivity index (χ2v) is 4.26. The van der Waals surface area contributed by atoms with Crippen molar-refractivity contribution in [2.75, 3.05) is 5.75 Å². The second kappa shape index (κ2) is 4.68. The van der Waals surface area contributed by atoms with Crippen molar-refractivity contribution in [1.82, 2.24) is 0 Å². The standard InChI is InChI=1S/C9H11ClS/c1-2-11-9(10)8-6-4-3-5-7-8/h3-7,9H,2H2,1H3. The van der Waals surface area contributed by atoms with Crippen molar-refractivity contribution in [3.63, 3.8) is 0 Å². The highest BCUT2D eigenvalue weighted by atomic mass is 35.5. The van der Waals surface area contributed by atoms with E-state index in [1.807, 2.05) is 18.2 Å². The Labute approximate surface area is 77.0 Å². The van der Waals surface area contributed by atoms with E-state index in [0.29, 0.717) is 0 Å². The minimum atomic E-state index is 0.112. The van der Waals surface area contributed by atoms with Gasteiger partial charge >= 0.3 is 0 Å². The minimum Gasteiger partial charge on any atom is -0.138 e. The minimum absolute atomic E-state index is 0.112. The molecule has 1 rings (SSSR count). The molecule has 0 amide bonds. The van der Waals surface area contributed by atoms with E-state index in [2.05, 4.69) is 19.1 Å². The molecule has 0 saturated heterocycles. The quantitative estimate of drug-likeness (QED) is 0.650. The van der Waals surface area contributed by atoms with Crippen LogP contribution >= 0.6 is 23.4 Å². The molecule has 0 N–H and O–H groups in total. The predicted molar refractivity (Wildman–Crippen MR) is 53.2 cm³/mol. The predicted octanol–water partition coefficient (Wildman–Crippen LogP) is 3.68. The molecule has 2 heteroatoms. The van der Waals surface area contributed by atoms with Gasteiger partial charge in [-0.3, -0.25) is 0 Å². The number of halogens is 1. The Morgan fingerprint density at radius 1 is 1.36 bits per heavy atom. The molecule has 0 aliphatic heterocycles. The maximum atomic E-state index is 6.07. The van der Waals surface area contributed by atoms with Gasteiger partial charge in [0.1, 0.15) is 4.71 Å². The summed E-state index contributed by atoms with van der Waals surface area (Å²) < 4.78 is 0.112. The first-order valence-corrected chi connectivity index (χ1v) is 5.13. The van der Waals surface area contributed by atoms with Crippen LogP contribution in [0.5, 0.6) is 0 Å². The fourth-order valence-corrected chi connectivity index (χ4v) is 2.01. The number of benzene rings is 1. The SMILES string of the molecule is CCSC(Cl)c1ccccc1. The molecule has 0 radical (unpaired) electrons. The average molecular weight is 187 g/mol. The van der Waals surface area contributed by atoms with E-state index >= 15 is 0 Å². The lowest BCUT2D eigenvalue weighted by molar-refractivity contribution is 1.35. The molecule has 0 heterocycles. The van der Waals surface area contributed by atoms with Gasteiger partial charge in [-0.1, -0.05) is 37.3 Å². The van der Waals surface area contributed by atoms with Gasteiger partial charge in [-0.2, -0.15) is 0 Å². The molecule has 0 aliphatic rings. The summed E-state index contributed by atoms with van der Waals surface area (Å²) in [5, 5.41) is 0. The summed E-state index contributed by atoms with van der Waals surface area (Å²) in [6, 6.07) is 10.1. The summed E-state index contributed by atoms with van der Waals surface area (Å²) in [6.07, 6.45) is 0. The molecule has 0 aromatic heterocycles. The van der Waals surface area contributed by atoms with Gasteiger partial charge < -0.3 is 0 Å². The number of rotatable bonds is 3. The van der Waals surface area contributed by atoms with Crippen LogP contribution < -0.4 is 0 Å². The number of alkyl halides is 1. The van der Waals surface area contributed by atoms with Gasteiger partial charge in [-0.15, -0.1) is 23.4 Å². The van der Waals surface area contributed by atoms with Crippen molar-refractivity contribution >= 4 is 23.4 Å². The van der Waals surface area contributed by atoms with Crippen LogP contribution in [-0.4, -0.2) is 5.75 Å². The van der Waals surface area contributed by atoms with Crippen molar-refractivity contribution in [1.29, 1.82) is 0 Å². The normalized spacial score (nSPS) is 12.9. The van der Waals surface area contributed by atoms with Crippen LogP contribution in [0.2, 0.25) is 0 Å². The fraction of sp³-hybridized carbons (Fsp3) is 0.333. The number of thioether (sulfide) groups is 1. The molecule has 0 fully saturated rings. The summed E-state index contributed by atoms with van der Waals surface area (Å²) in [4.78, 5) is 0. The average Bonchev–Trinajstić information content (AvgIpc) is 2.07. The van der Waals surface area contributed by atoms with Crippen molar-refractivity contribution < 1.29 is 0 Å². The van der Waals surface area contributed by atoms with E-state index in [4.69, 9.17) is 11.6 Å². The number of hydrogen-bond donors (Lipinski definition) is 0. The van der Waals surface area contributed by atoms with Crippen LogP contribution in [0, 0.1) is 0 Å². The third-order valence-corrected chi connectivity index (χ3v) is 2.90. The van der Waals surface area contributed by atoms with Crippen LogP contribution in [0.15, 0.2) is 30.3 Å². The molecule has 0 aliphatic carbocycles. The fourth-order valence-electron chi connectivity index (χ4n) is 0.847. The Balaban J connectivity index is 2.61. The highest BCUT2D eigenvalue weighted by molar-refractivity contribution is 8.00. The van der Waals surface area contributed by atoms with Crippen LogP contribution in [-0.2, 0) is 0 Å². The molecule has 0 nitrogen and oxygen atoms in total. The van der Waals surface area contributed by atoms with Gasteiger partial charge in [0.05, 0.1) is 0 Å². The third-order valence-electron chi connectivity index (χ3n) is 1.37. The van der Waals surface area contributed by atoms with Crippen molar-refractivity contribution in [2.24, 2.45) is 0 Å². The second-order valence-electron chi connectivity index (χ2n) is 2.18. The molecule has 11 heavy (non-hydrogen) atoms. The van der Waals surface area contributed by atoms with Crippen LogP contribution in [0.25, 0.3) is 0 Å². The third kappa shape index (κ3) is 2.76. The molecule has 1 atom stereocenters.